The molecule has 1 N–H and O–H groups in total. The van der Waals surface area contributed by atoms with Gasteiger partial charge >= 0.3 is 0 Å². The molecule has 0 radical (unpaired) electrons. The quantitative estimate of drug-likeness (QED) is 0.299. The zero-order valence-electron chi connectivity index (χ0n) is 22.6. The minimum Gasteiger partial charge on any atom is -0.368 e. The third kappa shape index (κ3) is 6.66. The van der Waals surface area contributed by atoms with Crippen molar-refractivity contribution in [2.24, 2.45) is 4.99 Å². The van der Waals surface area contributed by atoms with Gasteiger partial charge in [0, 0.05) is 43.8 Å². The number of anilines is 1. The summed E-state index contributed by atoms with van der Waals surface area (Å²) in [7, 11) is -3.90. The van der Waals surface area contributed by atoms with Crippen LogP contribution >= 0.6 is 0 Å². The number of benzene rings is 1. The first-order chi connectivity index (χ1) is 17.0. The largest absolute Gasteiger partial charge is 0.368 e. The van der Waals surface area contributed by atoms with Crippen molar-refractivity contribution < 1.29 is 8.42 Å². The summed E-state index contributed by atoms with van der Waals surface area (Å²) in [5.41, 5.74) is 6.79. The molecule has 1 aromatic rings. The number of aliphatic imine (C=N–C) groups is 1. The Labute approximate surface area is 217 Å². The average Bonchev–Trinajstić information content (AvgIpc) is 2.84. The van der Waals surface area contributed by atoms with Crippen LogP contribution in [0.2, 0.25) is 0 Å². The first kappa shape index (κ1) is 28.9. The lowest BCUT2D eigenvalue weighted by Gasteiger charge is -2.39. The molecule has 0 aromatic heterocycles. The Morgan fingerprint density at radius 3 is 2.11 bits per heavy atom. The van der Waals surface area contributed by atoms with Crippen LogP contribution in [0.15, 0.2) is 88.6 Å². The maximum Gasteiger partial charge on any atom is 0.264 e. The molecule has 0 saturated carbocycles. The lowest BCUT2D eigenvalue weighted by Crippen LogP contribution is -2.44. The molecule has 0 unspecified atom stereocenters. The van der Waals surface area contributed by atoms with Crippen LogP contribution in [0.25, 0.3) is 5.70 Å². The van der Waals surface area contributed by atoms with Gasteiger partial charge < -0.3 is 9.80 Å². The molecule has 36 heavy (non-hydrogen) atoms. The number of hydrogen-bond donors (Lipinski definition) is 1. The molecule has 6 nitrogen and oxygen atoms in total. The van der Waals surface area contributed by atoms with Crippen molar-refractivity contribution >= 4 is 27.6 Å². The van der Waals surface area contributed by atoms with Crippen molar-refractivity contribution in [3.63, 3.8) is 0 Å². The van der Waals surface area contributed by atoms with E-state index in [-0.39, 0.29) is 4.91 Å². The van der Waals surface area contributed by atoms with E-state index in [0.717, 1.165) is 48.6 Å². The highest BCUT2D eigenvalue weighted by molar-refractivity contribution is 7.96. The summed E-state index contributed by atoms with van der Waals surface area (Å²) >= 11 is 0. The van der Waals surface area contributed by atoms with E-state index in [4.69, 9.17) is 0 Å². The van der Waals surface area contributed by atoms with Crippen LogP contribution < -0.4 is 4.72 Å². The van der Waals surface area contributed by atoms with Crippen LogP contribution in [0.4, 0.5) is 5.69 Å². The normalized spacial score (nSPS) is 15.4. The SMILES string of the molecule is C=CC(=C(C)C)N1CCN(C(=C)c2ccc(NS(=O)(=O)/C(C=C)=C(\N=C/C)C(/C)=C\C)c(C)c2)CC1. The summed E-state index contributed by atoms with van der Waals surface area (Å²) < 4.78 is 29.2. The monoisotopic (exact) mass is 508 g/mol. The fourth-order valence-electron chi connectivity index (χ4n) is 4.17. The first-order valence-electron chi connectivity index (χ1n) is 12.1. The van der Waals surface area contributed by atoms with Gasteiger partial charge in [0.15, 0.2) is 0 Å². The molecule has 0 aliphatic carbocycles. The molecular weight excluding hydrogens is 468 g/mol. The van der Waals surface area contributed by atoms with Gasteiger partial charge in [-0.2, -0.15) is 0 Å². The van der Waals surface area contributed by atoms with E-state index < -0.39 is 10.0 Å². The number of sulfonamides is 1. The molecule has 0 bridgehead atoms. The predicted octanol–water partition coefficient (Wildman–Crippen LogP) is 6.26. The van der Waals surface area contributed by atoms with E-state index >= 15 is 0 Å². The van der Waals surface area contributed by atoms with Crippen LogP contribution in [-0.4, -0.2) is 50.6 Å². The summed E-state index contributed by atoms with van der Waals surface area (Å²) in [4.78, 5) is 8.95. The van der Waals surface area contributed by atoms with Crippen LogP contribution in [0.3, 0.4) is 0 Å². The minimum absolute atomic E-state index is 0.0391. The number of hydrogen-bond acceptors (Lipinski definition) is 5. The van der Waals surface area contributed by atoms with Gasteiger partial charge in [0.2, 0.25) is 0 Å². The van der Waals surface area contributed by atoms with Crippen LogP contribution in [0.1, 0.15) is 45.7 Å². The summed E-state index contributed by atoms with van der Waals surface area (Å²) in [6, 6.07) is 5.66. The van der Waals surface area contributed by atoms with Crippen LogP contribution in [0, 0.1) is 6.92 Å². The molecule has 0 spiro atoms. The smallest absolute Gasteiger partial charge is 0.264 e. The van der Waals surface area contributed by atoms with E-state index in [9.17, 15) is 8.42 Å². The van der Waals surface area contributed by atoms with Crippen molar-refractivity contribution in [1.29, 1.82) is 0 Å². The highest BCUT2D eigenvalue weighted by Crippen LogP contribution is 2.28. The van der Waals surface area contributed by atoms with Gasteiger partial charge in [-0.05, 0) is 82.5 Å². The topological polar surface area (TPSA) is 65.0 Å². The maximum atomic E-state index is 13.3. The molecular formula is C29H40N4O2S. The van der Waals surface area contributed by atoms with E-state index in [0.29, 0.717) is 11.4 Å². The summed E-state index contributed by atoms with van der Waals surface area (Å²) in [5, 5.41) is 0. The Hall–Kier alpha value is -3.32. The van der Waals surface area contributed by atoms with Crippen molar-refractivity contribution in [1.82, 2.24) is 9.80 Å². The van der Waals surface area contributed by atoms with Gasteiger partial charge in [-0.25, -0.2) is 8.42 Å². The van der Waals surface area contributed by atoms with Crippen molar-refractivity contribution in [2.75, 3.05) is 30.9 Å². The highest BCUT2D eigenvalue weighted by Gasteiger charge is 2.23. The lowest BCUT2D eigenvalue weighted by atomic mass is 10.1. The fourth-order valence-corrected chi connectivity index (χ4v) is 5.48. The molecule has 1 aliphatic heterocycles. The maximum absolute atomic E-state index is 13.3. The van der Waals surface area contributed by atoms with Gasteiger partial charge in [-0.3, -0.25) is 9.71 Å². The van der Waals surface area contributed by atoms with Crippen LogP contribution in [0.5, 0.6) is 0 Å². The van der Waals surface area contributed by atoms with Gasteiger partial charge in [0.05, 0.1) is 11.4 Å². The average molecular weight is 509 g/mol. The van der Waals surface area contributed by atoms with Crippen molar-refractivity contribution in [3.8, 4) is 0 Å². The minimum atomic E-state index is -3.90. The third-order valence-electron chi connectivity index (χ3n) is 6.28. The molecule has 0 atom stereocenters. The Morgan fingerprint density at radius 2 is 1.64 bits per heavy atom. The van der Waals surface area contributed by atoms with E-state index in [1.165, 1.54) is 17.3 Å². The Morgan fingerprint density at radius 1 is 1.03 bits per heavy atom. The molecule has 194 valence electrons. The summed E-state index contributed by atoms with van der Waals surface area (Å²) in [5.74, 6) is 0. The molecule has 0 amide bonds. The second kappa shape index (κ2) is 12.6. The zero-order chi connectivity index (χ0) is 27.0. The number of allylic oxidation sites excluding steroid dienone is 5. The molecule has 1 aromatic carbocycles. The zero-order valence-corrected chi connectivity index (χ0v) is 23.4. The second-order valence-corrected chi connectivity index (χ2v) is 10.6. The first-order valence-corrected chi connectivity index (χ1v) is 13.6. The van der Waals surface area contributed by atoms with Gasteiger partial charge in [0.25, 0.3) is 10.0 Å². The number of rotatable bonds is 10. The standard InChI is InChI=1S/C29H40N4O2S/c1-10-22(7)29(30-13-4)28(12-3)36(34,35)31-26-15-14-25(20-23(26)8)24(9)32-16-18-33(19-17-32)27(11-2)21(5)6/h10-15,20,31H,2-3,9,16-19H2,1,4-8H3/b22-10-,29-28-,30-13-. The summed E-state index contributed by atoms with van der Waals surface area (Å²) in [6.45, 7) is 27.0. The molecule has 1 saturated heterocycles. The predicted molar refractivity (Wildman–Crippen MR) is 155 cm³/mol. The number of piperazine rings is 1. The Kier molecular flexibility index (Phi) is 10.1. The molecule has 1 heterocycles. The molecule has 7 heteroatoms. The third-order valence-corrected chi connectivity index (χ3v) is 7.71. The Bertz CT molecular complexity index is 1240. The van der Waals surface area contributed by atoms with Gasteiger partial charge in [-0.15, -0.1) is 0 Å². The van der Waals surface area contributed by atoms with Crippen molar-refractivity contribution in [2.45, 2.75) is 41.5 Å². The number of nitrogens with zero attached hydrogens (tertiary/aromatic N) is 3. The number of aryl methyl sites for hydroxylation is 1. The Balaban J connectivity index is 2.25. The lowest BCUT2D eigenvalue weighted by molar-refractivity contribution is 0.217. The molecule has 1 fully saturated rings. The van der Waals surface area contributed by atoms with Gasteiger partial charge in [-0.1, -0.05) is 37.5 Å². The van der Waals surface area contributed by atoms with E-state index in [1.807, 2.05) is 45.1 Å². The fraction of sp³-hybridized carbons (Fsp3) is 0.345. The van der Waals surface area contributed by atoms with Gasteiger partial charge in [0.1, 0.15) is 4.91 Å². The molecule has 1 aliphatic rings. The second-order valence-electron chi connectivity index (χ2n) is 8.92. The van der Waals surface area contributed by atoms with Crippen molar-refractivity contribution in [3.05, 3.63) is 94.7 Å². The molecule has 2 rings (SSSR count). The van der Waals surface area contributed by atoms with E-state index in [1.54, 1.807) is 19.2 Å². The van der Waals surface area contributed by atoms with E-state index in [2.05, 4.69) is 53.1 Å². The highest BCUT2D eigenvalue weighted by atomic mass is 32.2. The summed E-state index contributed by atoms with van der Waals surface area (Å²) in [6.07, 6.45) is 6.65. The number of nitrogens with one attached hydrogen (secondary N) is 1. The van der Waals surface area contributed by atoms with Crippen LogP contribution in [-0.2, 0) is 10.0 Å².